The van der Waals surface area contributed by atoms with Crippen molar-refractivity contribution in [3.8, 4) is 0 Å². The van der Waals surface area contributed by atoms with Gasteiger partial charge in [0.15, 0.2) is 0 Å². The van der Waals surface area contributed by atoms with Crippen molar-refractivity contribution in [1.82, 2.24) is 15.3 Å². The monoisotopic (exact) mass is 292 g/mol. The van der Waals surface area contributed by atoms with Gasteiger partial charge in [0.2, 0.25) is 0 Å². The second-order valence-corrected chi connectivity index (χ2v) is 5.47. The smallest absolute Gasteiger partial charge is 0.320 e. The van der Waals surface area contributed by atoms with Crippen molar-refractivity contribution in [3.63, 3.8) is 0 Å². The molecule has 114 valence electrons. The summed E-state index contributed by atoms with van der Waals surface area (Å²) in [5, 5.41) is 11.8. The molecular formula is C14H20N4O3. The van der Waals surface area contributed by atoms with E-state index in [1.165, 1.54) is 12.5 Å². The van der Waals surface area contributed by atoms with Crippen LogP contribution in [0.1, 0.15) is 42.6 Å². The molecule has 1 atom stereocenters. The van der Waals surface area contributed by atoms with Gasteiger partial charge in [-0.05, 0) is 44.1 Å². The Kier molecular flexibility index (Phi) is 5.21. The molecule has 0 spiro atoms. The fraction of sp³-hybridized carbons (Fsp3) is 0.571. The van der Waals surface area contributed by atoms with Crippen molar-refractivity contribution >= 4 is 11.9 Å². The second-order valence-electron chi connectivity index (χ2n) is 5.47. The molecule has 4 N–H and O–H groups in total. The highest BCUT2D eigenvalue weighted by atomic mass is 16.4. The number of nitrogens with two attached hydrogens (primary N) is 1. The van der Waals surface area contributed by atoms with Crippen LogP contribution in [0.4, 0.5) is 0 Å². The summed E-state index contributed by atoms with van der Waals surface area (Å²) in [6.45, 7) is 0. The van der Waals surface area contributed by atoms with E-state index < -0.39 is 12.0 Å². The predicted octanol–water partition coefficient (Wildman–Crippen LogP) is 0.567. The number of carboxylic acids is 1. The molecule has 0 saturated heterocycles. The third-order valence-corrected chi connectivity index (χ3v) is 3.90. The number of aromatic nitrogens is 2. The zero-order chi connectivity index (χ0) is 15.2. The number of nitrogens with zero attached hydrogens (tertiary/aromatic N) is 2. The van der Waals surface area contributed by atoms with Gasteiger partial charge >= 0.3 is 5.97 Å². The molecule has 0 aliphatic heterocycles. The minimum Gasteiger partial charge on any atom is -0.480 e. The van der Waals surface area contributed by atoms with Crippen LogP contribution in [0.5, 0.6) is 0 Å². The van der Waals surface area contributed by atoms with E-state index in [1.807, 2.05) is 0 Å². The maximum absolute atomic E-state index is 12.0. The zero-order valence-corrected chi connectivity index (χ0v) is 11.7. The Morgan fingerprint density at radius 3 is 2.67 bits per heavy atom. The van der Waals surface area contributed by atoms with Crippen molar-refractivity contribution in [1.29, 1.82) is 0 Å². The van der Waals surface area contributed by atoms with Crippen LogP contribution in [-0.2, 0) is 4.79 Å². The van der Waals surface area contributed by atoms with Gasteiger partial charge in [-0.15, -0.1) is 0 Å². The predicted molar refractivity (Wildman–Crippen MR) is 75.5 cm³/mol. The van der Waals surface area contributed by atoms with Crippen molar-refractivity contribution in [2.45, 2.75) is 44.2 Å². The summed E-state index contributed by atoms with van der Waals surface area (Å²) in [6, 6.07) is 0.902. The summed E-state index contributed by atoms with van der Waals surface area (Å²) in [7, 11) is 0. The van der Waals surface area contributed by atoms with Crippen LogP contribution in [0.2, 0.25) is 0 Å². The number of carbonyl (C=O) groups excluding carboxylic acids is 1. The van der Waals surface area contributed by atoms with Crippen LogP contribution in [0.25, 0.3) is 0 Å². The molecular weight excluding hydrogens is 272 g/mol. The lowest BCUT2D eigenvalue weighted by atomic mass is 9.82. The van der Waals surface area contributed by atoms with E-state index in [9.17, 15) is 9.59 Å². The average molecular weight is 292 g/mol. The van der Waals surface area contributed by atoms with Crippen LogP contribution in [-0.4, -0.2) is 39.0 Å². The van der Waals surface area contributed by atoms with Gasteiger partial charge < -0.3 is 16.2 Å². The van der Waals surface area contributed by atoms with Gasteiger partial charge in [-0.2, -0.15) is 0 Å². The van der Waals surface area contributed by atoms with Crippen molar-refractivity contribution in [3.05, 3.63) is 24.3 Å². The summed E-state index contributed by atoms with van der Waals surface area (Å²) in [5.41, 5.74) is 5.92. The number of carboxylic acid groups (broad SMARTS) is 1. The molecule has 7 heteroatoms. The molecule has 1 saturated carbocycles. The molecule has 0 aromatic carbocycles. The quantitative estimate of drug-likeness (QED) is 0.730. The highest BCUT2D eigenvalue weighted by molar-refractivity contribution is 5.92. The third kappa shape index (κ3) is 4.49. The first kappa shape index (κ1) is 15.4. The first-order valence-electron chi connectivity index (χ1n) is 7.11. The van der Waals surface area contributed by atoms with Gasteiger partial charge in [-0.3, -0.25) is 9.59 Å². The molecule has 0 bridgehead atoms. The fourth-order valence-electron chi connectivity index (χ4n) is 2.69. The molecule has 0 radical (unpaired) electrons. The zero-order valence-electron chi connectivity index (χ0n) is 11.7. The van der Waals surface area contributed by atoms with E-state index in [1.54, 1.807) is 6.07 Å². The highest BCUT2D eigenvalue weighted by Gasteiger charge is 2.26. The molecule has 1 amide bonds. The number of hydrogen-bond donors (Lipinski definition) is 3. The van der Waals surface area contributed by atoms with E-state index in [4.69, 9.17) is 10.8 Å². The summed E-state index contributed by atoms with van der Waals surface area (Å²) in [5.74, 6) is -0.819. The van der Waals surface area contributed by atoms with Crippen LogP contribution < -0.4 is 11.1 Å². The summed E-state index contributed by atoms with van der Waals surface area (Å²) < 4.78 is 0. The molecule has 1 aliphatic carbocycles. The maximum atomic E-state index is 12.0. The lowest BCUT2D eigenvalue weighted by Crippen LogP contribution is -2.39. The van der Waals surface area contributed by atoms with E-state index in [0.717, 1.165) is 25.7 Å². The van der Waals surface area contributed by atoms with E-state index in [2.05, 4.69) is 15.3 Å². The Morgan fingerprint density at radius 2 is 2.10 bits per heavy atom. The highest BCUT2D eigenvalue weighted by Crippen LogP contribution is 2.27. The van der Waals surface area contributed by atoms with E-state index >= 15 is 0 Å². The number of rotatable bonds is 5. The average Bonchev–Trinajstić information content (AvgIpc) is 2.50. The van der Waals surface area contributed by atoms with Crippen molar-refractivity contribution in [2.24, 2.45) is 11.7 Å². The first-order chi connectivity index (χ1) is 10.1. The van der Waals surface area contributed by atoms with E-state index in [0.29, 0.717) is 18.0 Å². The SMILES string of the molecule is N[C@@H](CC1CCC(NC(=O)c2ccncn2)CC1)C(=O)O. The minimum atomic E-state index is -0.950. The van der Waals surface area contributed by atoms with Crippen LogP contribution >= 0.6 is 0 Å². The van der Waals surface area contributed by atoms with Gasteiger partial charge in [0.05, 0.1) is 0 Å². The normalized spacial score (nSPS) is 23.3. The molecule has 1 aliphatic rings. The lowest BCUT2D eigenvalue weighted by Gasteiger charge is -2.29. The Morgan fingerprint density at radius 1 is 1.38 bits per heavy atom. The number of aliphatic carboxylic acids is 1. The Hall–Kier alpha value is -2.02. The number of hydrogen-bond acceptors (Lipinski definition) is 5. The second kappa shape index (κ2) is 7.12. The Labute approximate surface area is 123 Å². The maximum Gasteiger partial charge on any atom is 0.320 e. The fourth-order valence-corrected chi connectivity index (χ4v) is 2.69. The van der Waals surface area contributed by atoms with Crippen molar-refractivity contribution in [2.75, 3.05) is 0 Å². The molecule has 7 nitrogen and oxygen atoms in total. The minimum absolute atomic E-state index is 0.116. The third-order valence-electron chi connectivity index (χ3n) is 3.90. The van der Waals surface area contributed by atoms with Crippen LogP contribution in [0.3, 0.4) is 0 Å². The molecule has 0 unspecified atom stereocenters. The van der Waals surface area contributed by atoms with Gasteiger partial charge in [0.25, 0.3) is 5.91 Å². The molecule has 1 fully saturated rings. The standard InChI is InChI=1S/C14H20N4O3/c15-11(14(20)21)7-9-1-3-10(4-2-9)18-13(19)12-5-6-16-8-17-12/h5-6,8-11H,1-4,7,15H2,(H,18,19)(H,20,21)/t9?,10?,11-/m0/s1. The van der Waals surface area contributed by atoms with Crippen LogP contribution in [0.15, 0.2) is 18.6 Å². The molecule has 1 heterocycles. The number of carbonyl (C=O) groups is 2. The number of nitrogens with one attached hydrogen (secondary N) is 1. The van der Waals surface area contributed by atoms with Gasteiger partial charge in [0, 0.05) is 12.2 Å². The molecule has 2 rings (SSSR count). The molecule has 1 aromatic rings. The first-order valence-corrected chi connectivity index (χ1v) is 7.11. The summed E-state index contributed by atoms with van der Waals surface area (Å²) in [4.78, 5) is 30.4. The molecule has 1 aromatic heterocycles. The Bertz CT molecular complexity index is 486. The van der Waals surface area contributed by atoms with Gasteiger partial charge in [-0.25, -0.2) is 9.97 Å². The van der Waals surface area contributed by atoms with Gasteiger partial charge in [-0.1, -0.05) is 0 Å². The Balaban J connectivity index is 1.77. The van der Waals surface area contributed by atoms with Crippen molar-refractivity contribution < 1.29 is 14.7 Å². The summed E-state index contributed by atoms with van der Waals surface area (Å²) >= 11 is 0. The number of amides is 1. The topological polar surface area (TPSA) is 118 Å². The lowest BCUT2D eigenvalue weighted by molar-refractivity contribution is -0.139. The van der Waals surface area contributed by atoms with Gasteiger partial charge in [0.1, 0.15) is 18.1 Å². The van der Waals surface area contributed by atoms with E-state index in [-0.39, 0.29) is 11.9 Å². The summed E-state index contributed by atoms with van der Waals surface area (Å²) in [6.07, 6.45) is 6.83. The van der Waals surface area contributed by atoms with Crippen LogP contribution in [0, 0.1) is 5.92 Å². The molecule has 21 heavy (non-hydrogen) atoms. The largest absolute Gasteiger partial charge is 0.480 e.